The number of carboxylic acid groups (broad SMARTS) is 1. The second kappa shape index (κ2) is 7.13. The topological polar surface area (TPSA) is 83.5 Å². The minimum Gasteiger partial charge on any atom is -0.481 e. The molecule has 0 saturated carbocycles. The molecule has 0 aromatic heterocycles. The van der Waals surface area contributed by atoms with Gasteiger partial charge in [0, 0.05) is 6.42 Å². The lowest BCUT2D eigenvalue weighted by Gasteiger charge is -2.11. The van der Waals surface area contributed by atoms with Crippen molar-refractivity contribution in [1.29, 1.82) is 0 Å². The highest BCUT2D eigenvalue weighted by atomic mass is 32.2. The summed E-state index contributed by atoms with van der Waals surface area (Å²) in [6.45, 7) is 1.93. The lowest BCUT2D eigenvalue weighted by molar-refractivity contribution is -0.136. The number of sulfonamides is 1. The molecule has 1 rings (SSSR count). The van der Waals surface area contributed by atoms with Crippen LogP contribution in [0.15, 0.2) is 24.3 Å². The SMILES string of the molecule is CCCCS(=O)(=O)Nc1ccccc1CCC(=O)O. The summed E-state index contributed by atoms with van der Waals surface area (Å²) < 4.78 is 26.2. The largest absolute Gasteiger partial charge is 0.481 e. The Hall–Kier alpha value is -1.56. The Morgan fingerprint density at radius 3 is 2.63 bits per heavy atom. The van der Waals surface area contributed by atoms with E-state index in [1.807, 2.05) is 6.92 Å². The van der Waals surface area contributed by atoms with Gasteiger partial charge in [-0.05, 0) is 24.5 Å². The molecule has 5 nitrogen and oxygen atoms in total. The van der Waals surface area contributed by atoms with Gasteiger partial charge in [0.1, 0.15) is 0 Å². The van der Waals surface area contributed by atoms with E-state index < -0.39 is 16.0 Å². The van der Waals surface area contributed by atoms with Crippen LogP contribution in [-0.4, -0.2) is 25.2 Å². The first-order chi connectivity index (χ1) is 8.94. The normalized spacial score (nSPS) is 11.2. The molecule has 0 radical (unpaired) electrons. The van der Waals surface area contributed by atoms with Crippen LogP contribution in [0.3, 0.4) is 0 Å². The molecule has 0 heterocycles. The van der Waals surface area contributed by atoms with E-state index in [1.165, 1.54) is 0 Å². The van der Waals surface area contributed by atoms with E-state index in [0.29, 0.717) is 24.1 Å². The highest BCUT2D eigenvalue weighted by Crippen LogP contribution is 2.18. The van der Waals surface area contributed by atoms with Crippen LogP contribution >= 0.6 is 0 Å². The molecule has 0 unspecified atom stereocenters. The molecule has 0 bridgehead atoms. The van der Waals surface area contributed by atoms with E-state index in [9.17, 15) is 13.2 Å². The van der Waals surface area contributed by atoms with Gasteiger partial charge >= 0.3 is 5.97 Å². The standard InChI is InChI=1S/C13H19NO4S/c1-2-3-10-19(17,18)14-12-7-5-4-6-11(12)8-9-13(15)16/h4-7,14H,2-3,8-10H2,1H3,(H,15,16). The molecule has 0 fully saturated rings. The lowest BCUT2D eigenvalue weighted by Crippen LogP contribution is -2.17. The minimum atomic E-state index is -3.36. The van der Waals surface area contributed by atoms with Crippen molar-refractivity contribution in [3.05, 3.63) is 29.8 Å². The third-order valence-corrected chi connectivity index (χ3v) is 4.01. The average Bonchev–Trinajstić information content (AvgIpc) is 2.35. The van der Waals surface area contributed by atoms with E-state index in [-0.39, 0.29) is 12.2 Å². The molecule has 0 aliphatic carbocycles. The number of hydrogen-bond acceptors (Lipinski definition) is 3. The second-order valence-corrected chi connectivity index (χ2v) is 6.17. The van der Waals surface area contributed by atoms with Gasteiger partial charge in [-0.15, -0.1) is 0 Å². The van der Waals surface area contributed by atoms with Crippen molar-refractivity contribution in [2.24, 2.45) is 0 Å². The first-order valence-corrected chi connectivity index (χ1v) is 7.90. The fourth-order valence-corrected chi connectivity index (χ4v) is 2.94. The van der Waals surface area contributed by atoms with E-state index in [0.717, 1.165) is 6.42 Å². The number of aryl methyl sites for hydroxylation is 1. The Kier molecular flexibility index (Phi) is 5.82. The van der Waals surface area contributed by atoms with Crippen LogP contribution in [0.1, 0.15) is 31.7 Å². The van der Waals surface area contributed by atoms with Crippen LogP contribution in [0, 0.1) is 0 Å². The molecule has 19 heavy (non-hydrogen) atoms. The van der Waals surface area contributed by atoms with E-state index in [4.69, 9.17) is 5.11 Å². The third kappa shape index (κ3) is 5.74. The molecule has 0 spiro atoms. The monoisotopic (exact) mass is 285 g/mol. The number of para-hydroxylation sites is 1. The minimum absolute atomic E-state index is 0.0201. The number of carbonyl (C=O) groups is 1. The first kappa shape index (κ1) is 15.5. The zero-order valence-corrected chi connectivity index (χ0v) is 11.7. The molecule has 6 heteroatoms. The van der Waals surface area contributed by atoms with Gasteiger partial charge in [0.2, 0.25) is 10.0 Å². The van der Waals surface area contributed by atoms with Gasteiger partial charge in [-0.2, -0.15) is 0 Å². The maximum atomic E-state index is 11.8. The van der Waals surface area contributed by atoms with Gasteiger partial charge in [0.05, 0.1) is 11.4 Å². The van der Waals surface area contributed by atoms with Crippen molar-refractivity contribution in [3.63, 3.8) is 0 Å². The molecule has 0 amide bonds. The number of nitrogens with one attached hydrogen (secondary N) is 1. The predicted molar refractivity (Wildman–Crippen MR) is 74.7 cm³/mol. The summed E-state index contributed by atoms with van der Waals surface area (Å²) in [6, 6.07) is 6.88. The molecule has 0 atom stereocenters. The maximum absolute atomic E-state index is 11.8. The zero-order valence-electron chi connectivity index (χ0n) is 10.9. The molecule has 2 N–H and O–H groups in total. The molecule has 1 aromatic rings. The van der Waals surface area contributed by atoms with Gasteiger partial charge in [0.25, 0.3) is 0 Å². The number of benzene rings is 1. The number of hydrogen-bond donors (Lipinski definition) is 2. The Balaban J connectivity index is 2.80. The summed E-state index contributed by atoms with van der Waals surface area (Å²) in [5, 5.41) is 8.68. The summed E-state index contributed by atoms with van der Waals surface area (Å²) in [7, 11) is -3.36. The van der Waals surface area contributed by atoms with E-state index in [1.54, 1.807) is 24.3 Å². The average molecular weight is 285 g/mol. The third-order valence-electron chi connectivity index (χ3n) is 2.66. The van der Waals surface area contributed by atoms with Gasteiger partial charge in [-0.1, -0.05) is 31.5 Å². The number of unbranched alkanes of at least 4 members (excludes halogenated alkanes) is 1. The van der Waals surface area contributed by atoms with Gasteiger partial charge < -0.3 is 5.11 Å². The predicted octanol–water partition coefficient (Wildman–Crippen LogP) is 2.25. The van der Waals surface area contributed by atoms with Crippen molar-refractivity contribution in [2.75, 3.05) is 10.5 Å². The Labute approximate surface area is 113 Å². The van der Waals surface area contributed by atoms with Crippen LogP contribution in [0.5, 0.6) is 0 Å². The Morgan fingerprint density at radius 2 is 2.00 bits per heavy atom. The summed E-state index contributed by atoms with van der Waals surface area (Å²) >= 11 is 0. The fourth-order valence-electron chi connectivity index (χ4n) is 1.63. The second-order valence-electron chi connectivity index (χ2n) is 4.33. The molecular formula is C13H19NO4S. The smallest absolute Gasteiger partial charge is 0.303 e. The molecular weight excluding hydrogens is 266 g/mol. The van der Waals surface area contributed by atoms with E-state index in [2.05, 4.69) is 4.72 Å². The number of carboxylic acids is 1. The zero-order chi connectivity index (χ0) is 14.3. The van der Waals surface area contributed by atoms with Gasteiger partial charge in [-0.3, -0.25) is 9.52 Å². The van der Waals surface area contributed by atoms with Crippen molar-refractivity contribution >= 4 is 21.7 Å². The van der Waals surface area contributed by atoms with Crippen molar-refractivity contribution in [2.45, 2.75) is 32.6 Å². The molecule has 0 aliphatic rings. The summed E-state index contributed by atoms with van der Waals surface area (Å²) in [5.74, 6) is -0.819. The number of aliphatic carboxylic acids is 1. The summed E-state index contributed by atoms with van der Waals surface area (Å²) in [6.07, 6.45) is 1.70. The molecule has 1 aromatic carbocycles. The lowest BCUT2D eigenvalue weighted by atomic mass is 10.1. The van der Waals surface area contributed by atoms with Crippen LogP contribution in [-0.2, 0) is 21.2 Å². The van der Waals surface area contributed by atoms with Crippen LogP contribution in [0.4, 0.5) is 5.69 Å². The number of anilines is 1. The van der Waals surface area contributed by atoms with Crippen LogP contribution in [0.25, 0.3) is 0 Å². The number of rotatable bonds is 8. The van der Waals surface area contributed by atoms with E-state index >= 15 is 0 Å². The van der Waals surface area contributed by atoms with Crippen LogP contribution in [0.2, 0.25) is 0 Å². The summed E-state index contributed by atoms with van der Waals surface area (Å²) in [5.41, 5.74) is 1.17. The highest BCUT2D eigenvalue weighted by molar-refractivity contribution is 7.92. The molecule has 106 valence electrons. The molecule has 0 saturated heterocycles. The Morgan fingerprint density at radius 1 is 1.32 bits per heavy atom. The first-order valence-electron chi connectivity index (χ1n) is 6.25. The van der Waals surface area contributed by atoms with Gasteiger partial charge in [0.15, 0.2) is 0 Å². The van der Waals surface area contributed by atoms with Crippen LogP contribution < -0.4 is 4.72 Å². The van der Waals surface area contributed by atoms with Crippen molar-refractivity contribution in [3.8, 4) is 0 Å². The summed E-state index contributed by atoms with van der Waals surface area (Å²) in [4.78, 5) is 10.6. The molecule has 0 aliphatic heterocycles. The quantitative estimate of drug-likeness (QED) is 0.767. The van der Waals surface area contributed by atoms with Crippen molar-refractivity contribution in [1.82, 2.24) is 0 Å². The maximum Gasteiger partial charge on any atom is 0.303 e. The highest BCUT2D eigenvalue weighted by Gasteiger charge is 2.12. The van der Waals surface area contributed by atoms with Crippen molar-refractivity contribution < 1.29 is 18.3 Å². The van der Waals surface area contributed by atoms with Gasteiger partial charge in [-0.25, -0.2) is 8.42 Å². The fraction of sp³-hybridized carbons (Fsp3) is 0.462. The Bertz CT molecular complexity index is 525.